The molecule has 0 radical (unpaired) electrons. The van der Waals surface area contributed by atoms with Crippen LogP contribution in [-0.2, 0) is 23.7 Å². The maximum atomic E-state index is 10.0. The molecular weight excluding hydrogens is 397 g/mol. The first-order valence-corrected chi connectivity index (χ1v) is 9.03. The summed E-state index contributed by atoms with van der Waals surface area (Å²) >= 11 is 17.0. The lowest BCUT2D eigenvalue weighted by Crippen LogP contribution is -2.41. The third kappa shape index (κ3) is 5.56. The zero-order valence-electron chi connectivity index (χ0n) is 14.7. The molecule has 0 amide bonds. The highest BCUT2D eigenvalue weighted by molar-refractivity contribution is 6.76. The van der Waals surface area contributed by atoms with Gasteiger partial charge in [0.2, 0.25) is 12.2 Å². The lowest BCUT2D eigenvalue weighted by atomic mass is 9.96. The number of ether oxygens (including phenoxy) is 5. The third-order valence-corrected chi connectivity index (χ3v) is 4.42. The van der Waals surface area contributed by atoms with Gasteiger partial charge in [-0.3, -0.25) is 5.41 Å². The highest BCUT2D eigenvalue weighted by atomic mass is 35.6. The molecule has 25 heavy (non-hydrogen) atoms. The van der Waals surface area contributed by atoms with Crippen molar-refractivity contribution in [2.24, 2.45) is 5.92 Å². The largest absolute Gasteiger partial charge is 0.445 e. The van der Waals surface area contributed by atoms with Gasteiger partial charge in [0.1, 0.15) is 12.2 Å². The first kappa shape index (κ1) is 21.4. The number of alkyl halides is 3. The van der Waals surface area contributed by atoms with Gasteiger partial charge in [-0.1, -0.05) is 41.7 Å². The van der Waals surface area contributed by atoms with Crippen molar-refractivity contribution in [1.82, 2.24) is 0 Å². The van der Waals surface area contributed by atoms with Gasteiger partial charge < -0.3 is 28.8 Å². The van der Waals surface area contributed by atoms with Gasteiger partial charge in [-0.15, -0.1) is 0 Å². The van der Waals surface area contributed by atoms with Gasteiger partial charge >= 0.3 is 0 Å². The molecule has 7 nitrogen and oxygen atoms in total. The fourth-order valence-corrected chi connectivity index (χ4v) is 3.00. The van der Waals surface area contributed by atoms with E-state index in [2.05, 4.69) is 0 Å². The summed E-state index contributed by atoms with van der Waals surface area (Å²) in [5.74, 6) is -2.98. The van der Waals surface area contributed by atoms with E-state index >= 15 is 0 Å². The van der Waals surface area contributed by atoms with E-state index in [4.69, 9.17) is 63.9 Å². The topological polar surface area (TPSA) is 90.2 Å². The Balaban J connectivity index is 2.16. The summed E-state index contributed by atoms with van der Waals surface area (Å²) in [6.45, 7) is 8.81. The predicted molar refractivity (Wildman–Crippen MR) is 93.0 cm³/mol. The van der Waals surface area contributed by atoms with E-state index in [1.54, 1.807) is 0 Å². The molecule has 2 heterocycles. The average molecular weight is 421 g/mol. The second kappa shape index (κ2) is 7.28. The molecule has 0 aromatic heterocycles. The van der Waals surface area contributed by atoms with E-state index in [-0.39, 0.29) is 12.0 Å². The number of rotatable bonds is 4. The molecule has 2 aliphatic rings. The maximum Gasteiger partial charge on any atom is 0.265 e. The zero-order chi connectivity index (χ0) is 19.2. The minimum absolute atomic E-state index is 0.234. The zero-order valence-corrected chi connectivity index (χ0v) is 17.0. The Morgan fingerprint density at radius 3 is 2.32 bits per heavy atom. The Morgan fingerprint density at radius 1 is 1.28 bits per heavy atom. The minimum atomic E-state index is -2.03. The fraction of sp³-hybridized carbons (Fsp3) is 0.933. The van der Waals surface area contributed by atoms with Crippen LogP contribution in [-0.4, -0.2) is 57.6 Å². The monoisotopic (exact) mass is 419 g/mol. The van der Waals surface area contributed by atoms with Crippen molar-refractivity contribution in [2.75, 3.05) is 6.61 Å². The van der Waals surface area contributed by atoms with Gasteiger partial charge in [0.05, 0.1) is 12.7 Å². The molecule has 146 valence electrons. The molecule has 0 aromatic rings. The second-order valence-corrected chi connectivity index (χ2v) is 9.45. The maximum absolute atomic E-state index is 10.0. The van der Waals surface area contributed by atoms with E-state index in [1.807, 2.05) is 20.8 Å². The quantitative estimate of drug-likeness (QED) is 0.314. The Hall–Kier alpha value is 0.140. The van der Waals surface area contributed by atoms with Gasteiger partial charge in [0.15, 0.2) is 11.6 Å². The first-order valence-electron chi connectivity index (χ1n) is 7.89. The van der Waals surface area contributed by atoms with Crippen molar-refractivity contribution in [1.29, 1.82) is 5.41 Å². The highest BCUT2D eigenvalue weighted by Crippen LogP contribution is 2.39. The van der Waals surface area contributed by atoms with Crippen molar-refractivity contribution in [3.63, 3.8) is 0 Å². The highest BCUT2D eigenvalue weighted by Gasteiger charge is 2.53. The fourth-order valence-electron chi connectivity index (χ4n) is 2.87. The van der Waals surface area contributed by atoms with Crippen LogP contribution in [0.3, 0.4) is 0 Å². The number of hydrogen-bond acceptors (Lipinski definition) is 7. The molecule has 0 aromatic carbocycles. The first-order chi connectivity index (χ1) is 11.2. The number of nitrogens with one attached hydrogen (secondary N) is 1. The Labute approximate surface area is 162 Å². The molecule has 2 aliphatic heterocycles. The SMILES string of the molecule is C[C@@H]1[C@@H](C2COC(C)(C)O2)OC(OC(=N)C(Cl)(Cl)Cl)[C@@H]1OC(C)(C)O. The van der Waals surface area contributed by atoms with Gasteiger partial charge in [0.25, 0.3) is 3.79 Å². The van der Waals surface area contributed by atoms with E-state index < -0.39 is 39.8 Å². The smallest absolute Gasteiger partial charge is 0.265 e. The molecule has 0 aliphatic carbocycles. The summed E-state index contributed by atoms with van der Waals surface area (Å²) in [4.78, 5) is 0. The van der Waals surface area contributed by atoms with Crippen molar-refractivity contribution in [3.05, 3.63) is 0 Å². The molecular formula is C15H24Cl3NO6. The summed E-state index contributed by atoms with van der Waals surface area (Å²) in [6, 6.07) is 0. The summed E-state index contributed by atoms with van der Waals surface area (Å²) in [6.07, 6.45) is -2.54. The summed E-state index contributed by atoms with van der Waals surface area (Å²) < 4.78 is 26.3. The van der Waals surface area contributed by atoms with Crippen LogP contribution in [0.1, 0.15) is 34.6 Å². The van der Waals surface area contributed by atoms with E-state index in [1.165, 1.54) is 13.8 Å². The number of aliphatic hydroxyl groups is 1. The molecule has 10 heteroatoms. The molecule has 5 atom stereocenters. The molecule has 0 bridgehead atoms. The Kier molecular flexibility index (Phi) is 6.24. The summed E-state index contributed by atoms with van der Waals surface area (Å²) in [5, 5.41) is 17.8. The molecule has 2 fully saturated rings. The van der Waals surface area contributed by atoms with Gasteiger partial charge in [-0.25, -0.2) is 0 Å². The van der Waals surface area contributed by atoms with Crippen LogP contribution in [0.4, 0.5) is 0 Å². The molecule has 2 N–H and O–H groups in total. The molecule has 2 rings (SSSR count). The number of halogens is 3. The van der Waals surface area contributed by atoms with E-state index in [0.717, 1.165) is 0 Å². The van der Waals surface area contributed by atoms with Crippen molar-refractivity contribution < 1.29 is 28.8 Å². The third-order valence-electron chi connectivity index (χ3n) is 3.91. The van der Waals surface area contributed by atoms with Gasteiger partial charge in [-0.05, 0) is 27.7 Å². The summed E-state index contributed by atoms with van der Waals surface area (Å²) in [7, 11) is 0. The predicted octanol–water partition coefficient (Wildman–Crippen LogP) is 2.98. The van der Waals surface area contributed by atoms with Gasteiger partial charge in [-0.2, -0.15) is 0 Å². The molecule has 2 unspecified atom stereocenters. The van der Waals surface area contributed by atoms with Crippen LogP contribution in [0.5, 0.6) is 0 Å². The van der Waals surface area contributed by atoms with E-state index in [0.29, 0.717) is 6.61 Å². The van der Waals surface area contributed by atoms with Crippen LogP contribution in [0.2, 0.25) is 0 Å². The lowest BCUT2D eigenvalue weighted by Gasteiger charge is -2.29. The van der Waals surface area contributed by atoms with Crippen LogP contribution in [0.25, 0.3) is 0 Å². The van der Waals surface area contributed by atoms with Crippen molar-refractivity contribution in [2.45, 2.75) is 74.6 Å². The minimum Gasteiger partial charge on any atom is -0.445 e. The second-order valence-electron chi connectivity index (χ2n) is 7.17. The van der Waals surface area contributed by atoms with Crippen LogP contribution < -0.4 is 0 Å². The standard InChI is InChI=1S/C15H24Cl3NO6/c1-7-9(8-6-21-14(4,5)24-8)22-11(10(7)25-13(2,3)20)23-12(19)15(16,17)18/h7-11,19-20H,6H2,1-5H3/t7-,8?,9+,10-,11?/m1/s1. The van der Waals surface area contributed by atoms with Crippen molar-refractivity contribution in [3.8, 4) is 0 Å². The number of hydrogen-bond donors (Lipinski definition) is 2. The van der Waals surface area contributed by atoms with Crippen LogP contribution in [0.15, 0.2) is 0 Å². The van der Waals surface area contributed by atoms with E-state index in [9.17, 15) is 5.11 Å². The summed E-state index contributed by atoms with van der Waals surface area (Å²) in [5.41, 5.74) is 0. The Bertz CT molecular complexity index is 504. The lowest BCUT2D eigenvalue weighted by molar-refractivity contribution is -0.244. The molecule has 0 saturated carbocycles. The average Bonchev–Trinajstić information content (AvgIpc) is 2.90. The molecule has 2 saturated heterocycles. The van der Waals surface area contributed by atoms with Crippen molar-refractivity contribution >= 4 is 40.7 Å². The van der Waals surface area contributed by atoms with Crippen LogP contribution in [0, 0.1) is 11.3 Å². The normalized spacial score (nSPS) is 35.8. The molecule has 0 spiro atoms. The van der Waals surface area contributed by atoms with Crippen LogP contribution >= 0.6 is 34.8 Å². The Morgan fingerprint density at radius 2 is 1.88 bits per heavy atom. The van der Waals surface area contributed by atoms with Gasteiger partial charge in [0, 0.05) is 5.92 Å².